The Bertz CT molecular complexity index is 659. The maximum Gasteiger partial charge on any atom is 0.490 e. The van der Waals surface area contributed by atoms with E-state index in [1.54, 1.807) is 19.2 Å². The summed E-state index contributed by atoms with van der Waals surface area (Å²) in [5, 5.41) is 7.12. The van der Waals surface area contributed by atoms with Crippen LogP contribution >= 0.6 is 0 Å². The minimum Gasteiger partial charge on any atom is -0.475 e. The maximum atomic E-state index is 13.4. The van der Waals surface area contributed by atoms with Crippen molar-refractivity contribution in [1.29, 1.82) is 0 Å². The molecule has 1 N–H and O–H groups in total. The van der Waals surface area contributed by atoms with Gasteiger partial charge in [-0.1, -0.05) is 6.07 Å². The minimum atomic E-state index is -5.08. The third-order valence-electron chi connectivity index (χ3n) is 4.96. The lowest BCUT2D eigenvalue weighted by Crippen LogP contribution is -2.47. The minimum absolute atomic E-state index is 0.174. The summed E-state index contributed by atoms with van der Waals surface area (Å²) in [5.74, 6) is -2.37. The van der Waals surface area contributed by atoms with Gasteiger partial charge in [0.25, 0.3) is 0 Å². The lowest BCUT2D eigenvalue weighted by atomic mass is 9.93. The fourth-order valence-electron chi connectivity index (χ4n) is 3.45. The van der Waals surface area contributed by atoms with Gasteiger partial charge in [0.2, 0.25) is 0 Å². The zero-order valence-corrected chi connectivity index (χ0v) is 16.2. The lowest BCUT2D eigenvalue weighted by Gasteiger charge is -2.39. The van der Waals surface area contributed by atoms with E-state index in [0.29, 0.717) is 5.92 Å². The molecule has 0 aliphatic carbocycles. The number of hydrogen-bond acceptors (Lipinski definition) is 5. The van der Waals surface area contributed by atoms with Crippen LogP contribution in [0, 0.1) is 11.7 Å². The third-order valence-corrected chi connectivity index (χ3v) is 4.96. The number of benzene rings is 1. The van der Waals surface area contributed by atoms with Gasteiger partial charge < -0.3 is 19.5 Å². The molecule has 0 saturated carbocycles. The second-order valence-corrected chi connectivity index (χ2v) is 6.98. The number of fused-ring (bicyclic) bond motifs is 1. The molecule has 0 unspecified atom stereocenters. The Kier molecular flexibility index (Phi) is 8.66. The Labute approximate surface area is 167 Å². The zero-order valence-electron chi connectivity index (χ0n) is 16.2. The molecule has 1 aromatic carbocycles. The zero-order chi connectivity index (χ0) is 21.4. The van der Waals surface area contributed by atoms with Crippen LogP contribution < -0.4 is 4.90 Å². The van der Waals surface area contributed by atoms with Gasteiger partial charge in [0, 0.05) is 51.4 Å². The lowest BCUT2D eigenvalue weighted by molar-refractivity contribution is -0.192. The van der Waals surface area contributed by atoms with Crippen LogP contribution in [0.3, 0.4) is 0 Å². The molecule has 2 saturated heterocycles. The van der Waals surface area contributed by atoms with Crippen molar-refractivity contribution in [3.8, 4) is 0 Å². The number of carbonyl (C=O) groups is 1. The van der Waals surface area contributed by atoms with E-state index in [0.717, 1.165) is 58.0 Å². The largest absolute Gasteiger partial charge is 0.490 e. The van der Waals surface area contributed by atoms with E-state index in [9.17, 15) is 17.6 Å². The summed E-state index contributed by atoms with van der Waals surface area (Å²) in [4.78, 5) is 13.6. The van der Waals surface area contributed by atoms with Gasteiger partial charge in [-0.3, -0.25) is 4.90 Å². The van der Waals surface area contributed by atoms with E-state index in [1.807, 2.05) is 6.07 Å². The van der Waals surface area contributed by atoms with Crippen molar-refractivity contribution < 1.29 is 36.9 Å². The fraction of sp³-hybridized carbons (Fsp3) is 0.632. The smallest absolute Gasteiger partial charge is 0.475 e. The molecule has 0 radical (unpaired) electrons. The van der Waals surface area contributed by atoms with Crippen LogP contribution in [0.4, 0.5) is 23.2 Å². The third kappa shape index (κ3) is 7.45. The van der Waals surface area contributed by atoms with Gasteiger partial charge in [0.15, 0.2) is 0 Å². The highest BCUT2D eigenvalue weighted by Gasteiger charge is 2.38. The first-order chi connectivity index (χ1) is 13.7. The molecule has 0 aromatic heterocycles. The summed E-state index contributed by atoms with van der Waals surface area (Å²) < 4.78 is 56.4. The number of methoxy groups -OCH3 is 1. The van der Waals surface area contributed by atoms with Gasteiger partial charge >= 0.3 is 12.1 Å². The normalized spacial score (nSPS) is 22.9. The molecule has 1 aromatic rings. The first-order valence-electron chi connectivity index (χ1n) is 9.34. The fourth-order valence-corrected chi connectivity index (χ4v) is 3.45. The van der Waals surface area contributed by atoms with Crippen molar-refractivity contribution in [1.82, 2.24) is 4.90 Å². The quantitative estimate of drug-likeness (QED) is 0.753. The van der Waals surface area contributed by atoms with E-state index in [-0.39, 0.29) is 11.9 Å². The number of rotatable bonds is 4. The molecule has 2 aliphatic rings. The van der Waals surface area contributed by atoms with Gasteiger partial charge in [0.1, 0.15) is 5.82 Å². The standard InChI is InChI=1S/C17H25FN2O2.C2HF3O2/c1-21-9-7-19-8-10-22-17-13-20(6-5-14(17)12-19)16-4-2-3-15(18)11-16;3-2(4,5)1(6)7/h2-4,11,14,17H,5-10,12-13H2,1H3;(H,6,7)/t14-,17-;/m1./s1. The van der Waals surface area contributed by atoms with Crippen molar-refractivity contribution in [2.45, 2.75) is 18.7 Å². The highest BCUT2D eigenvalue weighted by molar-refractivity contribution is 5.73. The maximum absolute atomic E-state index is 13.4. The molecule has 0 amide bonds. The molecule has 0 bridgehead atoms. The Hall–Kier alpha value is -1.91. The first kappa shape index (κ1) is 23.4. The number of anilines is 1. The molecular formula is C19H26F4N2O4. The summed E-state index contributed by atoms with van der Waals surface area (Å²) in [6.07, 6.45) is -3.76. The predicted octanol–water partition coefficient (Wildman–Crippen LogP) is 2.63. The number of aliphatic carboxylic acids is 1. The van der Waals surface area contributed by atoms with Crippen LogP contribution in [0.5, 0.6) is 0 Å². The van der Waals surface area contributed by atoms with Gasteiger partial charge in [0.05, 0.1) is 19.3 Å². The topological polar surface area (TPSA) is 62.2 Å². The molecule has 6 nitrogen and oxygen atoms in total. The first-order valence-corrected chi connectivity index (χ1v) is 9.34. The molecule has 164 valence electrons. The highest BCUT2D eigenvalue weighted by Crippen LogP contribution is 2.28. The van der Waals surface area contributed by atoms with E-state index >= 15 is 0 Å². The van der Waals surface area contributed by atoms with E-state index in [2.05, 4.69) is 9.80 Å². The summed E-state index contributed by atoms with van der Waals surface area (Å²) in [7, 11) is 1.74. The van der Waals surface area contributed by atoms with Crippen molar-refractivity contribution in [3.63, 3.8) is 0 Å². The number of hydrogen-bond donors (Lipinski definition) is 1. The molecule has 2 heterocycles. The van der Waals surface area contributed by atoms with Crippen LogP contribution in [0.2, 0.25) is 0 Å². The highest BCUT2D eigenvalue weighted by atomic mass is 19.4. The SMILES string of the molecule is COCCN1CCO[C@@H]2CN(c3cccc(F)c3)CC[C@@H]2C1.O=C(O)C(F)(F)F. The Morgan fingerprint density at radius 1 is 1.31 bits per heavy atom. The molecular weight excluding hydrogens is 396 g/mol. The van der Waals surface area contributed by atoms with Crippen molar-refractivity contribution >= 4 is 11.7 Å². The Morgan fingerprint density at radius 2 is 2.03 bits per heavy atom. The van der Waals surface area contributed by atoms with Crippen molar-refractivity contribution in [2.24, 2.45) is 5.92 Å². The van der Waals surface area contributed by atoms with Crippen LogP contribution in [-0.2, 0) is 14.3 Å². The van der Waals surface area contributed by atoms with E-state index in [4.69, 9.17) is 19.4 Å². The van der Waals surface area contributed by atoms with Crippen molar-refractivity contribution in [3.05, 3.63) is 30.1 Å². The molecule has 3 rings (SSSR count). The van der Waals surface area contributed by atoms with Crippen LogP contribution in [0.25, 0.3) is 0 Å². The Morgan fingerprint density at radius 3 is 2.66 bits per heavy atom. The van der Waals surface area contributed by atoms with E-state index in [1.165, 1.54) is 6.07 Å². The predicted molar refractivity (Wildman–Crippen MR) is 98.5 cm³/mol. The molecule has 29 heavy (non-hydrogen) atoms. The summed E-state index contributed by atoms with van der Waals surface area (Å²) in [5.41, 5.74) is 0.961. The number of ether oxygens (including phenoxy) is 2. The second kappa shape index (κ2) is 10.7. The average molecular weight is 422 g/mol. The molecule has 2 fully saturated rings. The molecule has 2 atom stereocenters. The molecule has 2 aliphatic heterocycles. The number of halogens is 4. The van der Waals surface area contributed by atoms with Crippen molar-refractivity contribution in [2.75, 3.05) is 57.9 Å². The Balaban J connectivity index is 0.000000370. The summed E-state index contributed by atoms with van der Waals surface area (Å²) in [6.45, 7) is 6.37. The van der Waals surface area contributed by atoms with Gasteiger partial charge in [-0.05, 0) is 24.6 Å². The average Bonchev–Trinajstić information content (AvgIpc) is 2.87. The molecule has 10 heteroatoms. The number of piperidine rings is 1. The number of alkyl halides is 3. The summed E-state index contributed by atoms with van der Waals surface area (Å²) in [6, 6.07) is 6.86. The molecule has 0 spiro atoms. The van der Waals surface area contributed by atoms with E-state index < -0.39 is 12.1 Å². The van der Waals surface area contributed by atoms with Crippen LogP contribution in [-0.4, -0.2) is 81.3 Å². The van der Waals surface area contributed by atoms with Crippen LogP contribution in [0.15, 0.2) is 24.3 Å². The number of carboxylic acid groups (broad SMARTS) is 1. The number of carboxylic acids is 1. The van der Waals surface area contributed by atoms with Gasteiger partial charge in [-0.15, -0.1) is 0 Å². The number of nitrogens with zero attached hydrogens (tertiary/aromatic N) is 2. The van der Waals surface area contributed by atoms with Gasteiger partial charge in [-0.2, -0.15) is 13.2 Å². The van der Waals surface area contributed by atoms with Gasteiger partial charge in [-0.25, -0.2) is 9.18 Å². The summed E-state index contributed by atoms with van der Waals surface area (Å²) >= 11 is 0. The van der Waals surface area contributed by atoms with Crippen LogP contribution in [0.1, 0.15) is 6.42 Å². The second-order valence-electron chi connectivity index (χ2n) is 6.98. The monoisotopic (exact) mass is 422 g/mol.